The Balaban J connectivity index is 1.55. The van der Waals surface area contributed by atoms with Crippen molar-refractivity contribution in [1.82, 2.24) is 9.55 Å². The van der Waals surface area contributed by atoms with Gasteiger partial charge in [0.1, 0.15) is 10.6 Å². The van der Waals surface area contributed by atoms with Gasteiger partial charge < -0.3 is 25.0 Å². The fourth-order valence-corrected chi connectivity index (χ4v) is 6.85. The lowest BCUT2D eigenvalue weighted by Gasteiger charge is -2.23. The highest BCUT2D eigenvalue weighted by molar-refractivity contribution is 7.20. The maximum Gasteiger partial charge on any atom is 0.343 e. The quantitative estimate of drug-likeness (QED) is 0.520. The molecule has 3 heterocycles. The monoisotopic (exact) mass is 468 g/mol. The van der Waals surface area contributed by atoms with Gasteiger partial charge >= 0.3 is 5.97 Å². The number of esters is 1. The Morgan fingerprint density at radius 2 is 2.09 bits per heavy atom. The molecule has 3 aromatic rings. The van der Waals surface area contributed by atoms with Crippen molar-refractivity contribution in [2.75, 3.05) is 30.9 Å². The number of anilines is 2. The SMILES string of the molecule is COC(=O)c1c(N2C[C@H](CO)C[C@@H]2C)sc(-c2ccc3c(c2)ncn3C2CCCCC2)c1N. The zero-order valence-electron chi connectivity index (χ0n) is 19.3. The van der Waals surface area contributed by atoms with Crippen LogP contribution in [0.3, 0.4) is 0 Å². The van der Waals surface area contributed by atoms with Gasteiger partial charge in [-0.2, -0.15) is 0 Å². The molecule has 1 aliphatic carbocycles. The molecule has 8 heteroatoms. The summed E-state index contributed by atoms with van der Waals surface area (Å²) in [4.78, 5) is 20.5. The van der Waals surface area contributed by atoms with Crippen LogP contribution in [-0.4, -0.2) is 46.9 Å². The van der Waals surface area contributed by atoms with Crippen molar-refractivity contribution in [3.63, 3.8) is 0 Å². The summed E-state index contributed by atoms with van der Waals surface area (Å²) in [6.45, 7) is 2.96. The van der Waals surface area contributed by atoms with E-state index < -0.39 is 5.97 Å². The fraction of sp³-hybridized carbons (Fsp3) is 0.520. The van der Waals surface area contributed by atoms with Gasteiger partial charge in [0.05, 0.1) is 35.0 Å². The molecule has 2 aliphatic rings. The molecule has 2 fully saturated rings. The van der Waals surface area contributed by atoms with E-state index in [1.807, 2.05) is 6.33 Å². The molecular formula is C25H32N4O3S. The summed E-state index contributed by atoms with van der Waals surface area (Å²) < 4.78 is 7.41. The lowest BCUT2D eigenvalue weighted by molar-refractivity contribution is 0.0603. The number of methoxy groups -OCH3 is 1. The largest absolute Gasteiger partial charge is 0.465 e. The number of aliphatic hydroxyl groups excluding tert-OH is 1. The molecule has 3 N–H and O–H groups in total. The summed E-state index contributed by atoms with van der Waals surface area (Å²) >= 11 is 1.52. The lowest BCUT2D eigenvalue weighted by Crippen LogP contribution is -2.28. The summed E-state index contributed by atoms with van der Waals surface area (Å²) in [5.74, 6) is -0.232. The van der Waals surface area contributed by atoms with Crippen molar-refractivity contribution in [2.45, 2.75) is 57.5 Å². The molecule has 5 rings (SSSR count). The molecule has 2 aromatic heterocycles. The molecular weight excluding hydrogens is 436 g/mol. The Bertz CT molecular complexity index is 1160. The van der Waals surface area contributed by atoms with Crippen LogP contribution in [0, 0.1) is 5.92 Å². The van der Waals surface area contributed by atoms with Gasteiger partial charge in [-0.25, -0.2) is 9.78 Å². The number of hydrogen-bond acceptors (Lipinski definition) is 7. The molecule has 33 heavy (non-hydrogen) atoms. The summed E-state index contributed by atoms with van der Waals surface area (Å²) in [6, 6.07) is 7.02. The molecule has 176 valence electrons. The minimum Gasteiger partial charge on any atom is -0.465 e. The third kappa shape index (κ3) is 3.89. The fourth-order valence-electron chi connectivity index (χ4n) is 5.53. The van der Waals surface area contributed by atoms with Gasteiger partial charge in [-0.15, -0.1) is 11.3 Å². The maximum atomic E-state index is 12.7. The zero-order valence-corrected chi connectivity index (χ0v) is 20.1. The second-order valence-corrected chi connectivity index (χ2v) is 10.4. The molecule has 0 unspecified atom stereocenters. The molecule has 1 saturated heterocycles. The van der Waals surface area contributed by atoms with Crippen LogP contribution in [0.2, 0.25) is 0 Å². The molecule has 1 aromatic carbocycles. The molecule has 0 amide bonds. The average molecular weight is 469 g/mol. The number of nitrogen functional groups attached to an aromatic ring is 1. The summed E-state index contributed by atoms with van der Waals surface area (Å²) in [7, 11) is 1.39. The predicted molar refractivity (Wildman–Crippen MR) is 133 cm³/mol. The number of imidazole rings is 1. The number of nitrogens with zero attached hydrogens (tertiary/aromatic N) is 3. The number of aliphatic hydroxyl groups is 1. The lowest BCUT2D eigenvalue weighted by atomic mass is 9.95. The smallest absolute Gasteiger partial charge is 0.343 e. The van der Waals surface area contributed by atoms with Crippen LogP contribution in [0.4, 0.5) is 10.7 Å². The third-order valence-electron chi connectivity index (χ3n) is 7.30. The molecule has 0 spiro atoms. The Kier molecular flexibility index (Phi) is 6.05. The van der Waals surface area contributed by atoms with E-state index in [1.54, 1.807) is 0 Å². The molecule has 7 nitrogen and oxygen atoms in total. The van der Waals surface area contributed by atoms with Crippen molar-refractivity contribution < 1.29 is 14.6 Å². The van der Waals surface area contributed by atoms with Gasteiger partial charge in [0.25, 0.3) is 0 Å². The van der Waals surface area contributed by atoms with E-state index in [0.29, 0.717) is 23.8 Å². The average Bonchev–Trinajstić information content (AvgIpc) is 3.53. The first-order valence-corrected chi connectivity index (χ1v) is 12.7. The summed E-state index contributed by atoms with van der Waals surface area (Å²) in [5, 5.41) is 10.5. The number of thiophene rings is 1. The van der Waals surface area contributed by atoms with Gasteiger partial charge in [0, 0.05) is 31.2 Å². The van der Waals surface area contributed by atoms with Crippen LogP contribution in [0.1, 0.15) is 61.8 Å². The number of carbonyl (C=O) groups excluding carboxylic acids is 1. The van der Waals surface area contributed by atoms with Gasteiger partial charge in [0.2, 0.25) is 0 Å². The van der Waals surface area contributed by atoms with E-state index in [-0.39, 0.29) is 18.6 Å². The highest BCUT2D eigenvalue weighted by atomic mass is 32.1. The first kappa shape index (κ1) is 22.2. The number of carbonyl (C=O) groups is 1. The predicted octanol–water partition coefficient (Wildman–Crippen LogP) is 4.85. The van der Waals surface area contributed by atoms with Crippen molar-refractivity contribution in [3.8, 4) is 10.4 Å². The van der Waals surface area contributed by atoms with E-state index >= 15 is 0 Å². The molecule has 1 saturated carbocycles. The second kappa shape index (κ2) is 8.99. The van der Waals surface area contributed by atoms with E-state index in [2.05, 4.69) is 34.6 Å². The van der Waals surface area contributed by atoms with Gasteiger partial charge in [-0.05, 0) is 43.9 Å². The summed E-state index contributed by atoms with van der Waals surface area (Å²) in [6.07, 6.45) is 9.14. The van der Waals surface area contributed by atoms with E-state index in [0.717, 1.165) is 32.9 Å². The van der Waals surface area contributed by atoms with Crippen molar-refractivity contribution in [1.29, 1.82) is 0 Å². The number of fused-ring (bicyclic) bond motifs is 1. The Morgan fingerprint density at radius 3 is 2.79 bits per heavy atom. The number of benzene rings is 1. The number of hydrogen-bond donors (Lipinski definition) is 2. The highest BCUT2D eigenvalue weighted by Gasteiger charge is 2.35. The molecule has 0 bridgehead atoms. The Hall–Kier alpha value is -2.58. The normalized spacial score (nSPS) is 21.7. The third-order valence-corrected chi connectivity index (χ3v) is 8.59. The number of nitrogens with two attached hydrogens (primary N) is 1. The van der Waals surface area contributed by atoms with Crippen LogP contribution < -0.4 is 10.6 Å². The number of aromatic nitrogens is 2. The van der Waals surface area contributed by atoms with Crippen molar-refractivity contribution >= 4 is 39.0 Å². The molecule has 1 aliphatic heterocycles. The van der Waals surface area contributed by atoms with Crippen molar-refractivity contribution in [3.05, 3.63) is 30.1 Å². The van der Waals surface area contributed by atoms with Crippen molar-refractivity contribution in [2.24, 2.45) is 5.92 Å². The van der Waals surface area contributed by atoms with Crippen LogP contribution in [0.25, 0.3) is 21.5 Å². The molecule has 0 radical (unpaired) electrons. The Labute approximate surface area is 198 Å². The standard InChI is InChI=1S/C25H32N4O3S/c1-15-10-16(13-30)12-28(15)24-21(25(31)32-2)22(26)23(33-24)17-8-9-20-19(11-17)27-14-29(20)18-6-4-3-5-7-18/h8-9,11,14-16,18,30H,3-7,10,12-13,26H2,1-2H3/t15-,16+/m0/s1. The van der Waals surface area contributed by atoms with Gasteiger partial charge in [0.15, 0.2) is 0 Å². The van der Waals surface area contributed by atoms with Crippen LogP contribution in [0.15, 0.2) is 24.5 Å². The molecule has 2 atom stereocenters. The van der Waals surface area contributed by atoms with Crippen LogP contribution >= 0.6 is 11.3 Å². The highest BCUT2D eigenvalue weighted by Crippen LogP contribution is 2.47. The van der Waals surface area contributed by atoms with E-state index in [9.17, 15) is 9.90 Å². The number of ether oxygens (including phenoxy) is 1. The van der Waals surface area contributed by atoms with Gasteiger partial charge in [-0.3, -0.25) is 0 Å². The van der Waals surface area contributed by atoms with Gasteiger partial charge in [-0.1, -0.05) is 25.3 Å². The van der Waals surface area contributed by atoms with E-state index in [1.165, 1.54) is 50.6 Å². The number of rotatable bonds is 5. The first-order valence-electron chi connectivity index (χ1n) is 11.9. The van der Waals surface area contributed by atoms with E-state index in [4.69, 9.17) is 15.5 Å². The topological polar surface area (TPSA) is 93.6 Å². The minimum absolute atomic E-state index is 0.141. The summed E-state index contributed by atoms with van der Waals surface area (Å²) in [5.41, 5.74) is 10.5. The Morgan fingerprint density at radius 1 is 1.30 bits per heavy atom. The van der Waals surface area contributed by atoms with Crippen LogP contribution in [0.5, 0.6) is 0 Å². The second-order valence-electron chi connectivity index (χ2n) is 9.45. The maximum absolute atomic E-state index is 12.7. The zero-order chi connectivity index (χ0) is 23.1. The first-order chi connectivity index (χ1) is 16.0. The minimum atomic E-state index is -0.424. The van der Waals surface area contributed by atoms with Crippen LogP contribution in [-0.2, 0) is 4.74 Å².